The Balaban J connectivity index is 2.14. The average Bonchev–Trinajstić information content (AvgIpc) is 3.32. The van der Waals surface area contributed by atoms with Gasteiger partial charge in [0.2, 0.25) is 11.8 Å². The zero-order valence-electron chi connectivity index (χ0n) is 21.7. The molecule has 2 unspecified atom stereocenters. The fourth-order valence-corrected chi connectivity index (χ4v) is 6.93. The van der Waals surface area contributed by atoms with Gasteiger partial charge in [0.15, 0.2) is 0 Å². The number of hydrogen-bond donors (Lipinski definition) is 2. The number of fused-ring (bicyclic) bond motifs is 1. The Morgan fingerprint density at radius 2 is 1.91 bits per heavy atom. The lowest BCUT2D eigenvalue weighted by molar-refractivity contribution is -0.157. The molecule has 3 heterocycles. The highest BCUT2D eigenvalue weighted by molar-refractivity contribution is 5.98. The second-order valence-electron chi connectivity index (χ2n) is 12.4. The maximum Gasteiger partial charge on any atom is 0.310 e. The summed E-state index contributed by atoms with van der Waals surface area (Å²) in [4.78, 5) is 43.7. The van der Waals surface area contributed by atoms with Crippen molar-refractivity contribution in [1.82, 2.24) is 9.80 Å². The van der Waals surface area contributed by atoms with E-state index in [0.29, 0.717) is 25.8 Å². The van der Waals surface area contributed by atoms with Crippen molar-refractivity contribution in [3.63, 3.8) is 0 Å². The van der Waals surface area contributed by atoms with Gasteiger partial charge < -0.3 is 24.7 Å². The summed E-state index contributed by atoms with van der Waals surface area (Å²) < 4.78 is 6.31. The second kappa shape index (κ2) is 8.94. The zero-order valence-corrected chi connectivity index (χ0v) is 21.7. The molecule has 0 aromatic rings. The van der Waals surface area contributed by atoms with Gasteiger partial charge >= 0.3 is 5.97 Å². The first-order chi connectivity index (χ1) is 15.6. The van der Waals surface area contributed by atoms with E-state index in [9.17, 15) is 24.6 Å². The van der Waals surface area contributed by atoms with Gasteiger partial charge in [0.05, 0.1) is 30.6 Å². The Hall–Kier alpha value is -1.93. The van der Waals surface area contributed by atoms with E-state index >= 15 is 0 Å². The number of carbonyl (C=O) groups is 3. The van der Waals surface area contributed by atoms with Crippen molar-refractivity contribution in [1.29, 1.82) is 0 Å². The van der Waals surface area contributed by atoms with Gasteiger partial charge in [0.25, 0.3) is 0 Å². The number of ether oxygens (including phenoxy) is 1. The van der Waals surface area contributed by atoms with Crippen LogP contribution < -0.4 is 0 Å². The van der Waals surface area contributed by atoms with E-state index in [1.54, 1.807) is 11.0 Å². The Morgan fingerprint density at radius 3 is 2.38 bits per heavy atom. The van der Waals surface area contributed by atoms with Crippen LogP contribution in [0.15, 0.2) is 12.7 Å². The van der Waals surface area contributed by atoms with Gasteiger partial charge in [-0.15, -0.1) is 6.58 Å². The molecule has 6 atom stereocenters. The third kappa shape index (κ3) is 4.17. The molecular formula is C26H42N2O6. The monoisotopic (exact) mass is 478 g/mol. The number of amides is 2. The summed E-state index contributed by atoms with van der Waals surface area (Å²) >= 11 is 0. The predicted molar refractivity (Wildman–Crippen MR) is 128 cm³/mol. The van der Waals surface area contributed by atoms with Crippen molar-refractivity contribution in [3.05, 3.63) is 12.7 Å². The van der Waals surface area contributed by atoms with Crippen molar-refractivity contribution < 1.29 is 29.3 Å². The number of carboxylic acids is 1. The van der Waals surface area contributed by atoms with Crippen LogP contribution in [-0.4, -0.2) is 80.3 Å². The SMILES string of the molecule is C=CCN(C(=O)C1N([C@@H](CO)C(C)C)C(=O)[C@@H]2[C@@H](C(=O)O)[C@H]3CCC12O3)C(C)(C)CC(C)(C)C. The van der Waals surface area contributed by atoms with Gasteiger partial charge in [-0.05, 0) is 44.4 Å². The molecule has 3 fully saturated rings. The van der Waals surface area contributed by atoms with Gasteiger partial charge in [-0.3, -0.25) is 14.4 Å². The van der Waals surface area contributed by atoms with Gasteiger partial charge in [-0.25, -0.2) is 0 Å². The van der Waals surface area contributed by atoms with Crippen molar-refractivity contribution in [2.24, 2.45) is 23.2 Å². The molecule has 3 rings (SSSR count). The molecule has 2 N–H and O–H groups in total. The lowest BCUT2D eigenvalue weighted by atomic mass is 9.70. The number of carboxylic acid groups (broad SMARTS) is 1. The number of aliphatic carboxylic acids is 1. The van der Waals surface area contributed by atoms with Crippen molar-refractivity contribution in [2.75, 3.05) is 13.2 Å². The Morgan fingerprint density at radius 1 is 1.29 bits per heavy atom. The lowest BCUT2D eigenvalue weighted by Gasteiger charge is -2.46. The van der Waals surface area contributed by atoms with Crippen molar-refractivity contribution >= 4 is 17.8 Å². The second-order valence-corrected chi connectivity index (χ2v) is 12.4. The molecule has 34 heavy (non-hydrogen) atoms. The maximum absolute atomic E-state index is 14.4. The molecular weight excluding hydrogens is 436 g/mol. The third-order valence-electron chi connectivity index (χ3n) is 7.84. The highest BCUT2D eigenvalue weighted by atomic mass is 16.5. The summed E-state index contributed by atoms with van der Waals surface area (Å²) in [6, 6.07) is -1.60. The highest BCUT2D eigenvalue weighted by Crippen LogP contribution is 2.59. The van der Waals surface area contributed by atoms with Gasteiger partial charge in [-0.2, -0.15) is 0 Å². The van der Waals surface area contributed by atoms with Crippen LogP contribution in [0.4, 0.5) is 0 Å². The lowest BCUT2D eigenvalue weighted by Crippen LogP contribution is -2.63. The van der Waals surface area contributed by atoms with E-state index in [1.807, 2.05) is 27.7 Å². The molecule has 8 heteroatoms. The smallest absolute Gasteiger partial charge is 0.310 e. The topological polar surface area (TPSA) is 107 Å². The summed E-state index contributed by atoms with van der Waals surface area (Å²) in [6.45, 7) is 18.0. The molecule has 0 radical (unpaired) electrons. The maximum atomic E-state index is 14.4. The van der Waals surface area contributed by atoms with E-state index in [2.05, 4.69) is 27.4 Å². The van der Waals surface area contributed by atoms with E-state index < -0.39 is 53.0 Å². The molecule has 2 bridgehead atoms. The summed E-state index contributed by atoms with van der Waals surface area (Å²) in [6.07, 6.45) is 2.76. The number of carbonyl (C=O) groups excluding carboxylic acids is 2. The van der Waals surface area contributed by atoms with Crippen LogP contribution in [0.3, 0.4) is 0 Å². The summed E-state index contributed by atoms with van der Waals surface area (Å²) in [5.41, 5.74) is -1.80. The van der Waals surface area contributed by atoms with Crippen molar-refractivity contribution in [3.8, 4) is 0 Å². The largest absolute Gasteiger partial charge is 0.481 e. The third-order valence-corrected chi connectivity index (χ3v) is 7.84. The van der Waals surface area contributed by atoms with Crippen LogP contribution in [0.2, 0.25) is 0 Å². The van der Waals surface area contributed by atoms with Crippen molar-refractivity contribution in [2.45, 2.75) is 97.1 Å². The minimum absolute atomic E-state index is 0.0580. The van der Waals surface area contributed by atoms with Crippen LogP contribution in [0, 0.1) is 23.2 Å². The normalized spacial score (nSPS) is 31.7. The predicted octanol–water partition coefficient (Wildman–Crippen LogP) is 2.69. The first kappa shape index (κ1) is 26.7. The molecule has 8 nitrogen and oxygen atoms in total. The summed E-state index contributed by atoms with van der Waals surface area (Å²) in [5, 5.41) is 20.2. The number of likely N-dealkylation sites (tertiary alicyclic amines) is 1. The Kier molecular flexibility index (Phi) is 7.01. The number of aliphatic hydroxyl groups is 1. The fourth-order valence-electron chi connectivity index (χ4n) is 6.93. The van der Waals surface area contributed by atoms with Crippen LogP contribution in [0.5, 0.6) is 0 Å². The average molecular weight is 479 g/mol. The Bertz CT molecular complexity index is 847. The fraction of sp³-hybridized carbons (Fsp3) is 0.808. The van der Waals surface area contributed by atoms with E-state index in [4.69, 9.17) is 4.74 Å². The van der Waals surface area contributed by atoms with E-state index in [-0.39, 0.29) is 23.8 Å². The first-order valence-corrected chi connectivity index (χ1v) is 12.4. The molecule has 3 aliphatic rings. The first-order valence-electron chi connectivity index (χ1n) is 12.4. The highest BCUT2D eigenvalue weighted by Gasteiger charge is 2.75. The molecule has 0 aromatic carbocycles. The number of aliphatic hydroxyl groups excluding tert-OH is 1. The van der Waals surface area contributed by atoms with Crippen LogP contribution in [-0.2, 0) is 19.1 Å². The quantitative estimate of drug-likeness (QED) is 0.494. The van der Waals surface area contributed by atoms with Gasteiger partial charge in [0.1, 0.15) is 11.6 Å². The molecule has 3 saturated heterocycles. The van der Waals surface area contributed by atoms with Crippen LogP contribution in [0.25, 0.3) is 0 Å². The van der Waals surface area contributed by atoms with E-state index in [0.717, 1.165) is 0 Å². The molecule has 192 valence electrons. The molecule has 1 spiro atoms. The van der Waals surface area contributed by atoms with E-state index in [1.165, 1.54) is 4.90 Å². The van der Waals surface area contributed by atoms with Gasteiger partial charge in [-0.1, -0.05) is 40.7 Å². The molecule has 0 aliphatic carbocycles. The standard InChI is InChI=1S/C26H42N2O6/c1-9-12-27(25(7,8)14-24(4,5)6)22(31)20-26-11-10-17(34-26)18(23(32)33)19(26)21(30)28(20)16(13-29)15(2)3/h9,15-20,29H,1,10-14H2,2-8H3,(H,32,33)/t16-,17+,18-,19-,20?,26?/m0/s1. The Labute approximate surface area is 203 Å². The molecule has 0 saturated carbocycles. The van der Waals surface area contributed by atoms with Gasteiger partial charge in [0, 0.05) is 12.1 Å². The van der Waals surface area contributed by atoms with Crippen LogP contribution >= 0.6 is 0 Å². The zero-order chi connectivity index (χ0) is 25.8. The molecule has 3 aliphatic heterocycles. The molecule has 2 amide bonds. The summed E-state index contributed by atoms with van der Waals surface area (Å²) in [7, 11) is 0. The number of nitrogens with zero attached hydrogens (tertiary/aromatic N) is 2. The minimum atomic E-state index is -1.19. The summed E-state index contributed by atoms with van der Waals surface area (Å²) in [5.74, 6) is -3.77. The van der Waals surface area contributed by atoms with Crippen LogP contribution in [0.1, 0.15) is 67.7 Å². The minimum Gasteiger partial charge on any atom is -0.481 e. The number of rotatable bonds is 9. The number of hydrogen-bond acceptors (Lipinski definition) is 5. The molecule has 0 aromatic heterocycles.